The summed E-state index contributed by atoms with van der Waals surface area (Å²) in [5.74, 6) is 0. The highest BCUT2D eigenvalue weighted by molar-refractivity contribution is 4.80. The summed E-state index contributed by atoms with van der Waals surface area (Å²) in [7, 11) is 3.99. The lowest BCUT2D eigenvalue weighted by atomic mass is 10.0. The van der Waals surface area contributed by atoms with Crippen LogP contribution in [0.3, 0.4) is 0 Å². The smallest absolute Gasteiger partial charge is 0.131 e. The van der Waals surface area contributed by atoms with Crippen molar-refractivity contribution in [2.24, 2.45) is 0 Å². The first-order valence-corrected chi connectivity index (χ1v) is 13.4. The Balaban J connectivity index is 3.61. The van der Waals surface area contributed by atoms with E-state index < -0.39 is 31.0 Å². The lowest BCUT2D eigenvalue weighted by Gasteiger charge is -2.34. The predicted octanol–water partition coefficient (Wildman–Crippen LogP) is 3.76. The van der Waals surface area contributed by atoms with Crippen LogP contribution in [0.25, 0.3) is 0 Å². The Morgan fingerprint density at radius 1 is 0.531 bits per heavy atom. The molecule has 5 N–H and O–H groups in total. The highest BCUT2D eigenvalue weighted by Gasteiger charge is 2.33. The number of quaternary nitrogens is 1. The molecule has 0 saturated carbocycles. The van der Waals surface area contributed by atoms with E-state index in [1.807, 2.05) is 14.1 Å². The second-order valence-electron chi connectivity index (χ2n) is 10.4. The first-order valence-electron chi connectivity index (χ1n) is 13.4. The van der Waals surface area contributed by atoms with Crippen molar-refractivity contribution >= 4 is 0 Å². The average Bonchev–Trinajstić information content (AvgIpc) is 2.76. The minimum atomic E-state index is -1.55. The predicted molar refractivity (Wildman–Crippen MR) is 133 cm³/mol. The fraction of sp³-hybridized carbons (Fsp3) is 1.00. The fourth-order valence-electron chi connectivity index (χ4n) is 4.36. The van der Waals surface area contributed by atoms with Gasteiger partial charge in [0.1, 0.15) is 31.0 Å². The summed E-state index contributed by atoms with van der Waals surface area (Å²) in [6, 6.07) is 0. The van der Waals surface area contributed by atoms with E-state index in [9.17, 15) is 20.4 Å². The zero-order valence-corrected chi connectivity index (χ0v) is 21.4. The van der Waals surface area contributed by atoms with E-state index in [1.54, 1.807) is 0 Å². The molecule has 0 bridgehead atoms. The Hall–Kier alpha value is -0.240. The normalized spacial score (nSPS) is 16.1. The van der Waals surface area contributed by atoms with E-state index in [-0.39, 0.29) is 6.54 Å². The molecule has 194 valence electrons. The quantitative estimate of drug-likeness (QED) is 0.118. The Bertz CT molecular complexity index is 408. The number of hydrogen-bond donors (Lipinski definition) is 5. The van der Waals surface area contributed by atoms with Gasteiger partial charge < -0.3 is 30.0 Å². The maximum atomic E-state index is 10.2. The zero-order chi connectivity index (χ0) is 24.2. The van der Waals surface area contributed by atoms with E-state index in [4.69, 9.17) is 5.11 Å². The number of rotatable bonds is 23. The van der Waals surface area contributed by atoms with Crippen molar-refractivity contribution in [1.29, 1.82) is 0 Å². The van der Waals surface area contributed by atoms with Crippen molar-refractivity contribution < 1.29 is 30.0 Å². The summed E-state index contributed by atoms with van der Waals surface area (Å²) in [6.07, 6.45) is 15.8. The molecule has 0 fully saturated rings. The van der Waals surface area contributed by atoms with Crippen molar-refractivity contribution in [3.05, 3.63) is 0 Å². The lowest BCUT2D eigenvalue weighted by molar-refractivity contribution is -0.894. The fourth-order valence-corrected chi connectivity index (χ4v) is 4.36. The molecule has 0 radical (unpaired) electrons. The Kier molecular flexibility index (Phi) is 20.0. The summed E-state index contributed by atoms with van der Waals surface area (Å²) < 4.78 is 0.540. The molecule has 0 aromatic rings. The third kappa shape index (κ3) is 17.3. The first-order chi connectivity index (χ1) is 15.2. The number of nitrogens with zero attached hydrogens (tertiary/aromatic N) is 1. The summed E-state index contributed by atoms with van der Waals surface area (Å²) in [5.41, 5.74) is 0. The van der Waals surface area contributed by atoms with Gasteiger partial charge in [-0.2, -0.15) is 0 Å². The van der Waals surface area contributed by atoms with Crippen LogP contribution in [-0.4, -0.2) is 88.2 Å². The van der Waals surface area contributed by atoms with E-state index in [1.165, 1.54) is 96.3 Å². The minimum absolute atomic E-state index is 0.287. The highest BCUT2D eigenvalue weighted by Crippen LogP contribution is 2.15. The van der Waals surface area contributed by atoms with Crippen LogP contribution in [0.1, 0.15) is 110 Å². The standard InChI is InChI=1S/C26H56NO5/c1-4-5-6-7-8-9-10-11-12-13-14-15-16-17-18-19-20-27(2,3)21-23(29)25(31)26(32)24(30)22-28/h23-26,28-32H,4-22H2,1-3H3/q+1/t23-,24-,25+,26-/m1/s1. The molecule has 6 nitrogen and oxygen atoms in total. The van der Waals surface area contributed by atoms with Crippen molar-refractivity contribution in [2.45, 2.75) is 134 Å². The van der Waals surface area contributed by atoms with E-state index in [0.29, 0.717) is 4.48 Å². The van der Waals surface area contributed by atoms with Crippen LogP contribution in [0, 0.1) is 0 Å². The minimum Gasteiger partial charge on any atom is -0.394 e. The van der Waals surface area contributed by atoms with Gasteiger partial charge in [-0.1, -0.05) is 96.8 Å². The molecule has 4 atom stereocenters. The van der Waals surface area contributed by atoms with E-state index in [0.717, 1.165) is 13.0 Å². The van der Waals surface area contributed by atoms with Gasteiger partial charge in [0, 0.05) is 0 Å². The number of hydrogen-bond acceptors (Lipinski definition) is 5. The molecule has 0 rings (SSSR count). The second-order valence-corrected chi connectivity index (χ2v) is 10.4. The molecule has 6 heteroatoms. The second kappa shape index (κ2) is 20.2. The van der Waals surface area contributed by atoms with Gasteiger partial charge in [-0.3, -0.25) is 0 Å². The third-order valence-corrected chi connectivity index (χ3v) is 6.62. The molecule has 0 aliphatic carbocycles. The summed E-state index contributed by atoms with van der Waals surface area (Å²) in [6.45, 7) is 2.80. The van der Waals surface area contributed by atoms with Gasteiger partial charge >= 0.3 is 0 Å². The number of likely N-dealkylation sites (N-methyl/N-ethyl adjacent to an activating group) is 1. The molecule has 0 saturated heterocycles. The van der Waals surface area contributed by atoms with Crippen molar-refractivity contribution in [3.63, 3.8) is 0 Å². The van der Waals surface area contributed by atoms with Crippen LogP contribution in [-0.2, 0) is 0 Å². The topological polar surface area (TPSA) is 101 Å². The Labute approximate surface area is 198 Å². The van der Waals surface area contributed by atoms with Crippen LogP contribution in [0.4, 0.5) is 0 Å². The van der Waals surface area contributed by atoms with E-state index in [2.05, 4.69) is 6.92 Å². The van der Waals surface area contributed by atoms with Crippen LogP contribution < -0.4 is 0 Å². The van der Waals surface area contributed by atoms with Gasteiger partial charge in [-0.15, -0.1) is 0 Å². The summed E-state index contributed by atoms with van der Waals surface area (Å²) >= 11 is 0. The molecule has 0 amide bonds. The molecule has 0 aromatic heterocycles. The SMILES string of the molecule is CCCCCCCCCCCCCCCCCC[N+](C)(C)C[C@@H](O)[C@H](O)[C@H](O)[C@H](O)CO. The monoisotopic (exact) mass is 462 g/mol. The molecule has 32 heavy (non-hydrogen) atoms. The molecule has 0 unspecified atom stereocenters. The van der Waals surface area contributed by atoms with Gasteiger partial charge in [0.25, 0.3) is 0 Å². The van der Waals surface area contributed by atoms with Gasteiger partial charge in [0.2, 0.25) is 0 Å². The van der Waals surface area contributed by atoms with Crippen LogP contribution >= 0.6 is 0 Å². The molecule has 0 aliphatic heterocycles. The van der Waals surface area contributed by atoms with E-state index >= 15 is 0 Å². The van der Waals surface area contributed by atoms with Crippen LogP contribution in [0.2, 0.25) is 0 Å². The maximum Gasteiger partial charge on any atom is 0.131 e. The van der Waals surface area contributed by atoms with Gasteiger partial charge in [0.15, 0.2) is 0 Å². The van der Waals surface area contributed by atoms with Crippen molar-refractivity contribution in [1.82, 2.24) is 0 Å². The number of unbranched alkanes of at least 4 members (excludes halogenated alkanes) is 15. The maximum absolute atomic E-state index is 10.2. The summed E-state index contributed by atoms with van der Waals surface area (Å²) in [5, 5.41) is 48.2. The largest absolute Gasteiger partial charge is 0.394 e. The third-order valence-electron chi connectivity index (χ3n) is 6.62. The molecule has 0 heterocycles. The van der Waals surface area contributed by atoms with Crippen LogP contribution in [0.5, 0.6) is 0 Å². The van der Waals surface area contributed by atoms with Crippen molar-refractivity contribution in [2.75, 3.05) is 33.8 Å². The average molecular weight is 463 g/mol. The molecular weight excluding hydrogens is 406 g/mol. The van der Waals surface area contributed by atoms with Gasteiger partial charge in [0.05, 0.1) is 27.2 Å². The van der Waals surface area contributed by atoms with Crippen molar-refractivity contribution in [3.8, 4) is 0 Å². The molecule has 0 aromatic carbocycles. The molecule has 0 spiro atoms. The lowest BCUT2D eigenvalue weighted by Crippen LogP contribution is -2.54. The van der Waals surface area contributed by atoms with Gasteiger partial charge in [-0.05, 0) is 12.8 Å². The zero-order valence-electron chi connectivity index (χ0n) is 21.4. The summed E-state index contributed by atoms with van der Waals surface area (Å²) in [4.78, 5) is 0. The first kappa shape index (κ1) is 31.8. The van der Waals surface area contributed by atoms with Gasteiger partial charge in [-0.25, -0.2) is 0 Å². The number of aliphatic hydroxyl groups is 5. The Morgan fingerprint density at radius 2 is 0.875 bits per heavy atom. The Morgan fingerprint density at radius 3 is 1.25 bits per heavy atom. The molecular formula is C26H56NO5+. The highest BCUT2D eigenvalue weighted by atomic mass is 16.4. The van der Waals surface area contributed by atoms with Crippen LogP contribution in [0.15, 0.2) is 0 Å². The molecule has 0 aliphatic rings. The number of aliphatic hydroxyl groups excluding tert-OH is 5.